The van der Waals surface area contributed by atoms with Crippen molar-refractivity contribution in [3.8, 4) is 11.5 Å². The zero-order valence-corrected chi connectivity index (χ0v) is 10.7. The summed E-state index contributed by atoms with van der Waals surface area (Å²) in [5.74, 6) is 2.23. The minimum Gasteiger partial charge on any atom is -0.459 e. The molecule has 0 fully saturated rings. The third-order valence-corrected chi connectivity index (χ3v) is 3.51. The van der Waals surface area contributed by atoms with Gasteiger partial charge in [-0.2, -0.15) is 0 Å². The van der Waals surface area contributed by atoms with Gasteiger partial charge in [-0.3, -0.25) is 0 Å². The van der Waals surface area contributed by atoms with Crippen molar-refractivity contribution in [2.24, 2.45) is 5.73 Å². The fraction of sp³-hybridized carbons (Fsp3) is 0.125. The number of hydrogen-bond acceptors (Lipinski definition) is 4. The molecule has 2 heterocycles. The molecule has 1 aromatic heterocycles. The van der Waals surface area contributed by atoms with Crippen molar-refractivity contribution in [3.63, 3.8) is 0 Å². The number of ether oxygens (including phenoxy) is 2. The summed E-state index contributed by atoms with van der Waals surface area (Å²) in [6, 6.07) is 15.2. The van der Waals surface area contributed by atoms with E-state index in [1.807, 2.05) is 48.5 Å². The van der Waals surface area contributed by atoms with Crippen LogP contribution in [0, 0.1) is 0 Å². The lowest BCUT2D eigenvalue weighted by Gasteiger charge is -2.09. The van der Waals surface area contributed by atoms with E-state index in [1.165, 1.54) is 0 Å². The number of rotatable bonds is 2. The van der Waals surface area contributed by atoms with Gasteiger partial charge in [0.15, 0.2) is 11.5 Å². The second kappa shape index (κ2) is 4.28. The van der Waals surface area contributed by atoms with Crippen molar-refractivity contribution in [2.45, 2.75) is 6.04 Å². The Hall–Kier alpha value is -2.46. The second-order valence-electron chi connectivity index (χ2n) is 4.78. The Balaban J connectivity index is 1.74. The number of benzene rings is 2. The molecule has 4 rings (SSSR count). The molecule has 0 saturated heterocycles. The van der Waals surface area contributed by atoms with Crippen LogP contribution in [0.1, 0.15) is 17.4 Å². The van der Waals surface area contributed by atoms with Gasteiger partial charge < -0.3 is 19.6 Å². The lowest BCUT2D eigenvalue weighted by molar-refractivity contribution is 0.174. The maximum absolute atomic E-state index is 6.28. The van der Waals surface area contributed by atoms with Gasteiger partial charge in [-0.05, 0) is 29.8 Å². The van der Waals surface area contributed by atoms with E-state index in [2.05, 4.69) is 0 Å². The summed E-state index contributed by atoms with van der Waals surface area (Å²) in [7, 11) is 0. The first-order valence-electron chi connectivity index (χ1n) is 6.45. The molecule has 0 saturated carbocycles. The summed E-state index contributed by atoms with van der Waals surface area (Å²) in [6.45, 7) is 0.263. The van der Waals surface area contributed by atoms with Gasteiger partial charge >= 0.3 is 0 Å². The molecule has 4 heteroatoms. The van der Waals surface area contributed by atoms with E-state index >= 15 is 0 Å². The smallest absolute Gasteiger partial charge is 0.231 e. The van der Waals surface area contributed by atoms with Gasteiger partial charge in [-0.15, -0.1) is 0 Å². The molecular formula is C16H13NO3. The number of hydrogen-bond donors (Lipinski definition) is 1. The first-order valence-corrected chi connectivity index (χ1v) is 6.45. The molecule has 2 aromatic carbocycles. The maximum atomic E-state index is 6.28. The lowest BCUT2D eigenvalue weighted by Crippen LogP contribution is -2.10. The minimum atomic E-state index is -0.322. The highest BCUT2D eigenvalue weighted by atomic mass is 16.7. The van der Waals surface area contributed by atoms with E-state index in [1.54, 1.807) is 0 Å². The SMILES string of the molecule is NC(c1ccc2c(c1)OCO2)c1cc2ccccc2o1. The summed E-state index contributed by atoms with van der Waals surface area (Å²) in [5, 5.41) is 1.05. The first kappa shape index (κ1) is 11.4. The molecule has 3 aromatic rings. The molecule has 1 atom stereocenters. The number of para-hydroxylation sites is 1. The van der Waals surface area contributed by atoms with Crippen LogP contribution in [0.25, 0.3) is 11.0 Å². The third-order valence-electron chi connectivity index (χ3n) is 3.51. The monoisotopic (exact) mass is 267 g/mol. The second-order valence-corrected chi connectivity index (χ2v) is 4.78. The van der Waals surface area contributed by atoms with Gasteiger partial charge in [0.2, 0.25) is 6.79 Å². The Bertz CT molecular complexity index is 745. The summed E-state index contributed by atoms with van der Waals surface area (Å²) in [6.07, 6.45) is 0. The van der Waals surface area contributed by atoms with Gasteiger partial charge in [0.1, 0.15) is 11.3 Å². The van der Waals surface area contributed by atoms with Gasteiger partial charge in [0, 0.05) is 5.39 Å². The van der Waals surface area contributed by atoms with Gasteiger partial charge in [0.25, 0.3) is 0 Å². The highest BCUT2D eigenvalue weighted by Gasteiger charge is 2.19. The van der Waals surface area contributed by atoms with Gasteiger partial charge in [-0.1, -0.05) is 24.3 Å². The predicted octanol–water partition coefficient (Wildman–Crippen LogP) is 3.21. The summed E-state index contributed by atoms with van der Waals surface area (Å²) >= 11 is 0. The van der Waals surface area contributed by atoms with E-state index in [9.17, 15) is 0 Å². The van der Waals surface area contributed by atoms with Crippen molar-refractivity contribution in [1.82, 2.24) is 0 Å². The minimum absolute atomic E-state index is 0.263. The van der Waals surface area contributed by atoms with Crippen molar-refractivity contribution < 1.29 is 13.9 Å². The first-order chi connectivity index (χ1) is 9.81. The number of fused-ring (bicyclic) bond motifs is 2. The Morgan fingerprint density at radius 3 is 2.70 bits per heavy atom. The third kappa shape index (κ3) is 1.73. The van der Waals surface area contributed by atoms with Crippen LogP contribution in [0.3, 0.4) is 0 Å². The molecule has 0 bridgehead atoms. The van der Waals surface area contributed by atoms with Crippen LogP contribution >= 0.6 is 0 Å². The number of furan rings is 1. The van der Waals surface area contributed by atoms with E-state index in [-0.39, 0.29) is 12.8 Å². The average Bonchev–Trinajstić information content (AvgIpc) is 3.11. The fourth-order valence-electron chi connectivity index (χ4n) is 2.43. The van der Waals surface area contributed by atoms with Crippen LogP contribution < -0.4 is 15.2 Å². The lowest BCUT2D eigenvalue weighted by atomic mass is 10.0. The van der Waals surface area contributed by atoms with E-state index in [4.69, 9.17) is 19.6 Å². The van der Waals surface area contributed by atoms with Crippen LogP contribution in [-0.4, -0.2) is 6.79 Å². The van der Waals surface area contributed by atoms with Crippen LogP contribution in [0.4, 0.5) is 0 Å². The molecule has 0 radical (unpaired) electrons. The predicted molar refractivity (Wildman–Crippen MR) is 74.8 cm³/mol. The molecule has 1 unspecified atom stereocenters. The molecule has 100 valence electrons. The molecule has 0 aliphatic carbocycles. The van der Waals surface area contributed by atoms with Crippen molar-refractivity contribution in [3.05, 3.63) is 59.9 Å². The molecule has 0 spiro atoms. The molecular weight excluding hydrogens is 254 g/mol. The fourth-order valence-corrected chi connectivity index (χ4v) is 2.43. The molecule has 20 heavy (non-hydrogen) atoms. The standard InChI is InChI=1S/C16H13NO3/c17-16(11-5-6-13-14(8-11)19-9-18-13)15-7-10-3-1-2-4-12(10)20-15/h1-8,16H,9,17H2. The molecule has 0 amide bonds. The summed E-state index contributed by atoms with van der Waals surface area (Å²) in [4.78, 5) is 0. The summed E-state index contributed by atoms with van der Waals surface area (Å²) < 4.78 is 16.5. The summed E-state index contributed by atoms with van der Waals surface area (Å²) in [5.41, 5.74) is 8.07. The molecule has 1 aliphatic heterocycles. The van der Waals surface area contributed by atoms with Crippen molar-refractivity contribution in [1.29, 1.82) is 0 Å². The van der Waals surface area contributed by atoms with Crippen LogP contribution in [0.2, 0.25) is 0 Å². The van der Waals surface area contributed by atoms with Gasteiger partial charge in [-0.25, -0.2) is 0 Å². The Morgan fingerprint density at radius 2 is 1.80 bits per heavy atom. The van der Waals surface area contributed by atoms with Crippen LogP contribution in [0.15, 0.2) is 52.9 Å². The van der Waals surface area contributed by atoms with Crippen LogP contribution in [-0.2, 0) is 0 Å². The van der Waals surface area contributed by atoms with E-state index < -0.39 is 0 Å². The molecule has 4 nitrogen and oxygen atoms in total. The van der Waals surface area contributed by atoms with Crippen molar-refractivity contribution >= 4 is 11.0 Å². The highest BCUT2D eigenvalue weighted by molar-refractivity contribution is 5.78. The van der Waals surface area contributed by atoms with Gasteiger partial charge in [0.05, 0.1) is 6.04 Å². The molecule has 1 aliphatic rings. The highest BCUT2D eigenvalue weighted by Crippen LogP contribution is 2.35. The Kier molecular flexibility index (Phi) is 2.44. The van der Waals surface area contributed by atoms with Crippen molar-refractivity contribution in [2.75, 3.05) is 6.79 Å². The quantitative estimate of drug-likeness (QED) is 0.774. The number of nitrogens with two attached hydrogens (primary N) is 1. The molecule has 2 N–H and O–H groups in total. The van der Waals surface area contributed by atoms with E-state index in [0.717, 1.165) is 33.8 Å². The van der Waals surface area contributed by atoms with E-state index in [0.29, 0.717) is 0 Å². The van der Waals surface area contributed by atoms with Crippen LogP contribution in [0.5, 0.6) is 11.5 Å². The largest absolute Gasteiger partial charge is 0.459 e. The average molecular weight is 267 g/mol. The zero-order chi connectivity index (χ0) is 13.5. The Morgan fingerprint density at radius 1 is 0.950 bits per heavy atom. The normalized spacial score (nSPS) is 14.7. The maximum Gasteiger partial charge on any atom is 0.231 e. The Labute approximate surface area is 115 Å². The zero-order valence-electron chi connectivity index (χ0n) is 10.7. The topological polar surface area (TPSA) is 57.6 Å².